The smallest absolute Gasteiger partial charge is 0.246 e. The second kappa shape index (κ2) is 5.63. The number of anilines is 1. The molecule has 0 unspecified atom stereocenters. The fraction of sp³-hybridized carbons (Fsp3) is 0.455. The van der Waals surface area contributed by atoms with Crippen LogP contribution in [0.4, 0.5) is 5.82 Å². The quantitative estimate of drug-likeness (QED) is 0.646. The van der Waals surface area contributed by atoms with Gasteiger partial charge in [-0.05, 0) is 13.3 Å². The van der Waals surface area contributed by atoms with E-state index in [-0.39, 0.29) is 10.7 Å². The molecular formula is C11H18N6O2S. The van der Waals surface area contributed by atoms with E-state index < -0.39 is 10.0 Å². The van der Waals surface area contributed by atoms with Gasteiger partial charge in [-0.15, -0.1) is 0 Å². The summed E-state index contributed by atoms with van der Waals surface area (Å²) in [6.45, 7) is 1.98. The summed E-state index contributed by atoms with van der Waals surface area (Å²) in [5, 5.41) is 3.91. The largest absolute Gasteiger partial charge is 0.381 e. The SMILES string of the molecule is Cc1c(S(=O)(=O)NCCCc2ncc[nH]2)c(N)nn1C. The van der Waals surface area contributed by atoms with Crippen molar-refractivity contribution in [2.75, 3.05) is 12.3 Å². The van der Waals surface area contributed by atoms with Gasteiger partial charge in [0.2, 0.25) is 10.0 Å². The van der Waals surface area contributed by atoms with Crippen LogP contribution in [-0.4, -0.2) is 34.7 Å². The average molecular weight is 298 g/mol. The minimum Gasteiger partial charge on any atom is -0.381 e. The number of aryl methyl sites for hydroxylation is 2. The number of aromatic amines is 1. The van der Waals surface area contributed by atoms with Crippen LogP contribution in [0.1, 0.15) is 17.9 Å². The second-order valence-electron chi connectivity index (χ2n) is 4.46. The Bertz CT molecular complexity index is 674. The van der Waals surface area contributed by atoms with Crippen molar-refractivity contribution < 1.29 is 8.42 Å². The standard InChI is InChI=1S/C11H18N6O2S/c1-8-10(11(12)16-17(8)2)20(18,19)15-5-3-4-9-13-6-7-14-9/h6-7,15H,3-5H2,1-2H3,(H2,12,16)(H,13,14). The monoisotopic (exact) mass is 298 g/mol. The van der Waals surface area contributed by atoms with Gasteiger partial charge in [-0.1, -0.05) is 0 Å². The van der Waals surface area contributed by atoms with Gasteiger partial charge in [-0.2, -0.15) is 5.10 Å². The van der Waals surface area contributed by atoms with E-state index in [9.17, 15) is 8.42 Å². The Morgan fingerprint density at radius 2 is 2.25 bits per heavy atom. The molecule has 0 amide bonds. The molecule has 2 aromatic rings. The lowest BCUT2D eigenvalue weighted by Crippen LogP contribution is -2.26. The number of nitrogens with one attached hydrogen (secondary N) is 2. The highest BCUT2D eigenvalue weighted by Gasteiger charge is 2.23. The molecule has 0 spiro atoms. The van der Waals surface area contributed by atoms with Crippen molar-refractivity contribution in [3.63, 3.8) is 0 Å². The van der Waals surface area contributed by atoms with Crippen molar-refractivity contribution >= 4 is 15.8 Å². The van der Waals surface area contributed by atoms with Gasteiger partial charge in [0, 0.05) is 32.4 Å². The minimum atomic E-state index is -3.63. The molecule has 0 saturated heterocycles. The molecule has 0 radical (unpaired) electrons. The predicted molar refractivity (Wildman–Crippen MR) is 74.5 cm³/mol. The van der Waals surface area contributed by atoms with Crippen molar-refractivity contribution in [1.29, 1.82) is 0 Å². The summed E-state index contributed by atoms with van der Waals surface area (Å²) < 4.78 is 28.3. The van der Waals surface area contributed by atoms with Gasteiger partial charge >= 0.3 is 0 Å². The highest BCUT2D eigenvalue weighted by molar-refractivity contribution is 7.89. The molecule has 4 N–H and O–H groups in total. The fourth-order valence-corrected chi connectivity index (χ4v) is 3.31. The van der Waals surface area contributed by atoms with Gasteiger partial charge in [-0.3, -0.25) is 4.68 Å². The zero-order chi connectivity index (χ0) is 14.8. The number of sulfonamides is 1. The predicted octanol–water partition coefficient (Wildman–Crippen LogP) is -0.0551. The highest BCUT2D eigenvalue weighted by Crippen LogP contribution is 2.20. The average Bonchev–Trinajstić information content (AvgIpc) is 2.95. The fourth-order valence-electron chi connectivity index (χ4n) is 1.92. The Morgan fingerprint density at radius 3 is 2.80 bits per heavy atom. The normalized spacial score (nSPS) is 11.9. The van der Waals surface area contributed by atoms with E-state index >= 15 is 0 Å². The number of hydrogen-bond donors (Lipinski definition) is 3. The Balaban J connectivity index is 1.97. The maximum Gasteiger partial charge on any atom is 0.246 e. The summed E-state index contributed by atoms with van der Waals surface area (Å²) in [7, 11) is -1.98. The van der Waals surface area contributed by atoms with Crippen LogP contribution in [0.15, 0.2) is 17.3 Å². The van der Waals surface area contributed by atoms with Crippen molar-refractivity contribution in [1.82, 2.24) is 24.5 Å². The van der Waals surface area contributed by atoms with Crippen LogP contribution in [0, 0.1) is 6.92 Å². The van der Waals surface area contributed by atoms with Crippen molar-refractivity contribution in [2.24, 2.45) is 7.05 Å². The third kappa shape index (κ3) is 2.99. The van der Waals surface area contributed by atoms with Crippen molar-refractivity contribution in [3.05, 3.63) is 23.9 Å². The molecule has 0 aliphatic heterocycles. The Labute approximate surface area is 117 Å². The number of rotatable bonds is 6. The number of nitrogens with two attached hydrogens (primary N) is 1. The van der Waals surface area contributed by atoms with Gasteiger partial charge in [0.05, 0.1) is 5.69 Å². The van der Waals surface area contributed by atoms with Gasteiger partial charge < -0.3 is 10.7 Å². The van der Waals surface area contributed by atoms with Gasteiger partial charge in [0.25, 0.3) is 0 Å². The molecule has 2 aromatic heterocycles. The third-order valence-corrected chi connectivity index (χ3v) is 4.64. The lowest BCUT2D eigenvalue weighted by molar-refractivity contribution is 0.577. The summed E-state index contributed by atoms with van der Waals surface area (Å²) in [5.74, 6) is 0.852. The van der Waals surface area contributed by atoms with Crippen molar-refractivity contribution in [3.8, 4) is 0 Å². The van der Waals surface area contributed by atoms with E-state index in [2.05, 4.69) is 19.8 Å². The van der Waals surface area contributed by atoms with Crippen LogP contribution in [0.5, 0.6) is 0 Å². The molecule has 9 heteroatoms. The van der Waals surface area contributed by atoms with E-state index in [1.54, 1.807) is 26.4 Å². The second-order valence-corrected chi connectivity index (χ2v) is 6.16. The molecule has 0 fully saturated rings. The van der Waals surface area contributed by atoms with E-state index in [0.717, 1.165) is 5.82 Å². The lowest BCUT2D eigenvalue weighted by atomic mass is 10.3. The molecule has 0 saturated carbocycles. The Hall–Kier alpha value is -1.87. The molecule has 8 nitrogen and oxygen atoms in total. The molecule has 0 aliphatic carbocycles. The maximum absolute atomic E-state index is 12.2. The molecule has 20 heavy (non-hydrogen) atoms. The van der Waals surface area contributed by atoms with E-state index in [1.807, 2.05) is 0 Å². The Kier molecular flexibility index (Phi) is 4.09. The van der Waals surface area contributed by atoms with Crippen LogP contribution >= 0.6 is 0 Å². The zero-order valence-electron chi connectivity index (χ0n) is 11.4. The zero-order valence-corrected chi connectivity index (χ0v) is 12.2. The number of nitrogens with zero attached hydrogens (tertiary/aromatic N) is 3. The first-order chi connectivity index (χ1) is 9.42. The van der Waals surface area contributed by atoms with E-state index in [1.165, 1.54) is 4.68 Å². The van der Waals surface area contributed by atoms with Gasteiger partial charge in [0.1, 0.15) is 10.7 Å². The lowest BCUT2D eigenvalue weighted by Gasteiger charge is -2.06. The molecule has 2 rings (SSSR count). The summed E-state index contributed by atoms with van der Waals surface area (Å²) in [6, 6.07) is 0. The summed E-state index contributed by atoms with van der Waals surface area (Å²) in [5.41, 5.74) is 6.16. The van der Waals surface area contributed by atoms with Gasteiger partial charge in [-0.25, -0.2) is 18.1 Å². The number of aromatic nitrogens is 4. The first-order valence-electron chi connectivity index (χ1n) is 6.19. The maximum atomic E-state index is 12.2. The summed E-state index contributed by atoms with van der Waals surface area (Å²) >= 11 is 0. The van der Waals surface area contributed by atoms with Crippen LogP contribution < -0.4 is 10.5 Å². The molecule has 0 bridgehead atoms. The molecule has 0 aliphatic rings. The van der Waals surface area contributed by atoms with Crippen LogP contribution in [-0.2, 0) is 23.5 Å². The molecular weight excluding hydrogens is 280 g/mol. The molecule has 0 aromatic carbocycles. The third-order valence-electron chi connectivity index (χ3n) is 3.01. The summed E-state index contributed by atoms with van der Waals surface area (Å²) in [6.07, 6.45) is 4.72. The van der Waals surface area contributed by atoms with Crippen LogP contribution in [0.2, 0.25) is 0 Å². The number of nitrogen functional groups attached to an aromatic ring is 1. The van der Waals surface area contributed by atoms with Crippen molar-refractivity contribution in [2.45, 2.75) is 24.7 Å². The number of hydrogen-bond acceptors (Lipinski definition) is 5. The highest BCUT2D eigenvalue weighted by atomic mass is 32.2. The van der Waals surface area contributed by atoms with E-state index in [4.69, 9.17) is 5.73 Å². The van der Waals surface area contributed by atoms with E-state index in [0.29, 0.717) is 25.1 Å². The topological polar surface area (TPSA) is 119 Å². The number of imidazole rings is 1. The molecule has 2 heterocycles. The van der Waals surface area contributed by atoms with Gasteiger partial charge in [0.15, 0.2) is 5.82 Å². The molecule has 0 atom stereocenters. The summed E-state index contributed by atoms with van der Waals surface area (Å²) in [4.78, 5) is 7.09. The molecule has 110 valence electrons. The first kappa shape index (κ1) is 14.5. The van der Waals surface area contributed by atoms with Crippen LogP contribution in [0.3, 0.4) is 0 Å². The van der Waals surface area contributed by atoms with Crippen LogP contribution in [0.25, 0.3) is 0 Å². The first-order valence-corrected chi connectivity index (χ1v) is 7.67. The Morgan fingerprint density at radius 1 is 1.50 bits per heavy atom. The number of H-pyrrole nitrogens is 1. The minimum absolute atomic E-state index is 0.0172.